The van der Waals surface area contributed by atoms with E-state index in [1.54, 1.807) is 25.7 Å². The SMILES string of the molecule is COc1cc(OC)c2c(c1Cl)OC1(C(=O)C3=C(CC1C)Nc1c(c(=O)[nH]c(=O)n1C)C3c1ccc(SC)cc1)C2=O. The largest absolute Gasteiger partial charge is 0.496 e. The van der Waals surface area contributed by atoms with Gasteiger partial charge >= 0.3 is 5.69 Å². The first kappa shape index (κ1) is 27.2. The van der Waals surface area contributed by atoms with Crippen LogP contribution < -0.4 is 30.8 Å². The summed E-state index contributed by atoms with van der Waals surface area (Å²) in [5, 5.41) is 3.24. The van der Waals surface area contributed by atoms with Gasteiger partial charge < -0.3 is 19.5 Å². The highest BCUT2D eigenvalue weighted by Crippen LogP contribution is 2.56. The molecular weight excluding hydrogens is 570 g/mol. The lowest BCUT2D eigenvalue weighted by atomic mass is 9.66. The number of anilines is 1. The highest BCUT2D eigenvalue weighted by molar-refractivity contribution is 7.98. The van der Waals surface area contributed by atoms with Crippen LogP contribution in [0.15, 0.2) is 56.1 Å². The predicted octanol–water partition coefficient (Wildman–Crippen LogP) is 3.90. The fraction of sp³-hybridized carbons (Fsp3) is 0.310. The van der Waals surface area contributed by atoms with E-state index in [4.69, 9.17) is 25.8 Å². The molecule has 2 aliphatic heterocycles. The molecule has 3 unspecified atom stereocenters. The van der Waals surface area contributed by atoms with Gasteiger partial charge in [-0.1, -0.05) is 30.7 Å². The van der Waals surface area contributed by atoms with Crippen LogP contribution in [0.25, 0.3) is 0 Å². The minimum absolute atomic E-state index is 0.0161. The van der Waals surface area contributed by atoms with Crippen LogP contribution in [0.2, 0.25) is 5.02 Å². The first-order chi connectivity index (χ1) is 19.6. The Morgan fingerprint density at radius 3 is 2.39 bits per heavy atom. The topological polar surface area (TPSA) is 129 Å². The minimum Gasteiger partial charge on any atom is -0.496 e. The summed E-state index contributed by atoms with van der Waals surface area (Å²) in [7, 11) is 4.37. The Bertz CT molecular complexity index is 1810. The van der Waals surface area contributed by atoms with Gasteiger partial charge in [-0.25, -0.2) is 4.79 Å². The van der Waals surface area contributed by atoms with Crippen molar-refractivity contribution in [2.75, 3.05) is 25.8 Å². The van der Waals surface area contributed by atoms with Crippen LogP contribution in [0.4, 0.5) is 5.82 Å². The molecule has 2 aromatic carbocycles. The summed E-state index contributed by atoms with van der Waals surface area (Å²) in [4.78, 5) is 58.3. The van der Waals surface area contributed by atoms with E-state index in [9.17, 15) is 19.2 Å². The number of thioether (sulfide) groups is 1. The average molecular weight is 596 g/mol. The van der Waals surface area contributed by atoms with Gasteiger partial charge in [-0.3, -0.25) is 23.9 Å². The summed E-state index contributed by atoms with van der Waals surface area (Å²) >= 11 is 8.14. The molecule has 0 radical (unpaired) electrons. The summed E-state index contributed by atoms with van der Waals surface area (Å²) < 4.78 is 18.5. The molecule has 3 aliphatic rings. The van der Waals surface area contributed by atoms with Crippen molar-refractivity contribution in [3.05, 3.63) is 84.2 Å². The molecule has 12 heteroatoms. The maximum Gasteiger partial charge on any atom is 0.329 e. The quantitative estimate of drug-likeness (QED) is 0.341. The minimum atomic E-state index is -1.95. The summed E-state index contributed by atoms with van der Waals surface area (Å²) in [6, 6.07) is 8.96. The van der Waals surface area contributed by atoms with Gasteiger partial charge in [0.1, 0.15) is 27.9 Å². The predicted molar refractivity (Wildman–Crippen MR) is 154 cm³/mol. The second-order valence-corrected chi connectivity index (χ2v) is 11.5. The standard InChI is InChI=1S/C29H26ClN3O7S/c1-12-10-15-19(24(34)29(12)25(35)20-16(38-3)11-17(39-4)22(30)23(20)40-29)18(13-6-8-14(41-5)9-7-13)21-26(31-15)33(2)28(37)32-27(21)36/h6-9,11-12,18,31H,10H2,1-5H3,(H,32,36,37). The first-order valence-electron chi connectivity index (χ1n) is 12.8. The second kappa shape index (κ2) is 9.56. The van der Waals surface area contributed by atoms with Gasteiger partial charge in [0, 0.05) is 41.1 Å². The van der Waals surface area contributed by atoms with E-state index in [2.05, 4.69) is 10.3 Å². The number of fused-ring (bicyclic) bond motifs is 2. The number of aromatic nitrogens is 2. The highest BCUT2D eigenvalue weighted by Gasteiger charge is 2.63. The number of benzene rings is 2. The number of Topliss-reactive ketones (excluding diaryl/α,β-unsaturated/α-hetero) is 2. The number of methoxy groups -OCH3 is 2. The van der Waals surface area contributed by atoms with Gasteiger partial charge in [0.15, 0.2) is 5.75 Å². The Labute approximate surface area is 243 Å². The van der Waals surface area contributed by atoms with Gasteiger partial charge in [-0.15, -0.1) is 11.8 Å². The monoisotopic (exact) mass is 595 g/mol. The molecule has 41 heavy (non-hydrogen) atoms. The van der Waals surface area contributed by atoms with E-state index in [1.807, 2.05) is 30.5 Å². The molecule has 6 rings (SSSR count). The van der Waals surface area contributed by atoms with E-state index in [0.717, 1.165) is 4.90 Å². The number of allylic oxidation sites excluding steroid dienone is 1. The molecule has 10 nitrogen and oxygen atoms in total. The molecule has 212 valence electrons. The number of rotatable bonds is 4. The van der Waals surface area contributed by atoms with E-state index < -0.39 is 40.3 Å². The third-order valence-corrected chi connectivity index (χ3v) is 9.29. The lowest BCUT2D eigenvalue weighted by Crippen LogP contribution is -2.58. The number of nitrogens with zero attached hydrogens (tertiary/aromatic N) is 1. The van der Waals surface area contributed by atoms with Gasteiger partial charge in [0.05, 0.1) is 19.8 Å². The Balaban J connectivity index is 1.59. The zero-order chi connectivity index (χ0) is 29.4. The van der Waals surface area contributed by atoms with Crippen molar-refractivity contribution < 1.29 is 23.8 Å². The van der Waals surface area contributed by atoms with Crippen LogP contribution in [0, 0.1) is 5.92 Å². The number of ether oxygens (including phenoxy) is 3. The maximum atomic E-state index is 14.8. The van der Waals surface area contributed by atoms with Gasteiger partial charge in [-0.2, -0.15) is 0 Å². The molecule has 1 aliphatic carbocycles. The summed E-state index contributed by atoms with van der Waals surface area (Å²) in [5.41, 5.74) is -1.52. The van der Waals surface area contributed by atoms with Crippen LogP contribution in [-0.4, -0.2) is 47.2 Å². The Morgan fingerprint density at radius 2 is 1.76 bits per heavy atom. The Morgan fingerprint density at radius 1 is 1.07 bits per heavy atom. The number of nitrogens with one attached hydrogen (secondary N) is 2. The summed E-state index contributed by atoms with van der Waals surface area (Å²) in [6.07, 6.45) is 2.17. The maximum absolute atomic E-state index is 14.8. The van der Waals surface area contributed by atoms with Crippen LogP contribution in [0.5, 0.6) is 17.2 Å². The molecule has 0 saturated carbocycles. The molecule has 3 atom stereocenters. The third kappa shape index (κ3) is 3.64. The fourth-order valence-corrected chi connectivity index (χ4v) is 6.77. The first-order valence-corrected chi connectivity index (χ1v) is 14.4. The van der Waals surface area contributed by atoms with Crippen molar-refractivity contribution in [2.24, 2.45) is 13.0 Å². The number of halogens is 1. The number of H-pyrrole nitrogens is 1. The van der Waals surface area contributed by atoms with Crippen molar-refractivity contribution in [1.29, 1.82) is 0 Å². The molecule has 0 amide bonds. The van der Waals surface area contributed by atoms with Crippen molar-refractivity contribution in [1.82, 2.24) is 9.55 Å². The Kier molecular flexibility index (Phi) is 6.35. The van der Waals surface area contributed by atoms with E-state index in [0.29, 0.717) is 17.1 Å². The third-order valence-electron chi connectivity index (χ3n) is 8.19. The molecule has 0 fully saturated rings. The lowest BCUT2D eigenvalue weighted by molar-refractivity contribution is -0.130. The molecule has 0 saturated heterocycles. The lowest BCUT2D eigenvalue weighted by Gasteiger charge is -2.42. The number of ketones is 2. The smallest absolute Gasteiger partial charge is 0.329 e. The zero-order valence-corrected chi connectivity index (χ0v) is 24.4. The van der Waals surface area contributed by atoms with Crippen LogP contribution in [0.1, 0.15) is 40.7 Å². The van der Waals surface area contributed by atoms with Gasteiger partial charge in [0.25, 0.3) is 5.56 Å². The number of carbonyl (C=O) groups excluding carboxylic acids is 2. The van der Waals surface area contributed by atoms with E-state index >= 15 is 0 Å². The van der Waals surface area contributed by atoms with Crippen LogP contribution in [0.3, 0.4) is 0 Å². The summed E-state index contributed by atoms with van der Waals surface area (Å²) in [5.74, 6) is -1.97. The molecule has 3 aromatic rings. The Hall–Kier alpha value is -3.96. The molecule has 2 N–H and O–H groups in total. The average Bonchev–Trinajstić information content (AvgIpc) is 3.28. The van der Waals surface area contributed by atoms with Crippen LogP contribution >= 0.6 is 23.4 Å². The fourth-order valence-electron chi connectivity index (χ4n) is 6.09. The molecule has 3 heterocycles. The number of carbonyl (C=O) groups is 2. The number of aromatic amines is 1. The highest BCUT2D eigenvalue weighted by atomic mass is 35.5. The number of hydrogen-bond acceptors (Lipinski definition) is 9. The molecular formula is C29H26ClN3O7S. The number of hydrogen-bond donors (Lipinski definition) is 2. The van der Waals surface area contributed by atoms with Crippen molar-refractivity contribution >= 4 is 40.7 Å². The van der Waals surface area contributed by atoms with Gasteiger partial charge in [0.2, 0.25) is 17.2 Å². The van der Waals surface area contributed by atoms with Crippen molar-refractivity contribution in [3.8, 4) is 17.2 Å². The normalized spacial score (nSPS) is 22.6. The van der Waals surface area contributed by atoms with Crippen molar-refractivity contribution in [2.45, 2.75) is 29.8 Å². The van der Waals surface area contributed by atoms with Crippen molar-refractivity contribution in [3.63, 3.8) is 0 Å². The molecule has 1 aromatic heterocycles. The molecule has 0 bridgehead atoms. The van der Waals surface area contributed by atoms with E-state index in [1.165, 1.54) is 24.9 Å². The zero-order valence-electron chi connectivity index (χ0n) is 22.8. The van der Waals surface area contributed by atoms with Crippen LogP contribution in [-0.2, 0) is 11.8 Å². The second-order valence-electron chi connectivity index (χ2n) is 10.2. The van der Waals surface area contributed by atoms with E-state index in [-0.39, 0.29) is 45.4 Å². The molecule has 1 spiro atoms. The van der Waals surface area contributed by atoms with Gasteiger partial charge in [-0.05, 0) is 30.4 Å². The summed E-state index contributed by atoms with van der Waals surface area (Å²) in [6.45, 7) is 1.75.